The first-order chi connectivity index (χ1) is 12.0. The fraction of sp³-hybridized carbons (Fsp3) is 0.650. The van der Waals surface area contributed by atoms with E-state index in [1.807, 2.05) is 11.0 Å². The fourth-order valence-electron chi connectivity index (χ4n) is 6.01. The minimum Gasteiger partial charge on any atom is -0.450 e. The molecule has 1 amide bonds. The Morgan fingerprint density at radius 3 is 2.32 bits per heavy atom. The second-order valence-corrected chi connectivity index (χ2v) is 8.20. The molecule has 4 aliphatic rings. The van der Waals surface area contributed by atoms with Crippen LogP contribution in [0.3, 0.4) is 0 Å². The number of rotatable bonds is 4. The zero-order valence-corrected chi connectivity index (χ0v) is 14.6. The van der Waals surface area contributed by atoms with Crippen molar-refractivity contribution in [2.45, 2.75) is 57.4 Å². The van der Waals surface area contributed by atoms with Gasteiger partial charge < -0.3 is 9.32 Å². The van der Waals surface area contributed by atoms with Gasteiger partial charge in [0.05, 0.1) is 18.1 Å². The van der Waals surface area contributed by atoms with Crippen LogP contribution in [0.15, 0.2) is 10.5 Å². The van der Waals surface area contributed by atoms with Crippen LogP contribution < -0.4 is 0 Å². The molecule has 4 saturated carbocycles. The van der Waals surface area contributed by atoms with Crippen molar-refractivity contribution in [2.75, 3.05) is 6.54 Å². The van der Waals surface area contributed by atoms with Gasteiger partial charge in [0.15, 0.2) is 0 Å². The zero-order valence-electron chi connectivity index (χ0n) is 14.6. The minimum absolute atomic E-state index is 0.0695. The van der Waals surface area contributed by atoms with Gasteiger partial charge in [-0.05, 0) is 63.2 Å². The van der Waals surface area contributed by atoms with Crippen LogP contribution in [0.25, 0.3) is 0 Å². The molecule has 1 aromatic rings. The lowest BCUT2D eigenvalue weighted by atomic mass is 9.52. The van der Waals surface area contributed by atoms with Crippen molar-refractivity contribution in [3.63, 3.8) is 0 Å². The summed E-state index contributed by atoms with van der Waals surface area (Å²) in [5.41, 5.74) is 0.379. The molecule has 5 rings (SSSR count). The fourth-order valence-corrected chi connectivity index (χ4v) is 6.01. The average molecular weight is 337 g/mol. The predicted molar refractivity (Wildman–Crippen MR) is 90.3 cm³/mol. The summed E-state index contributed by atoms with van der Waals surface area (Å²) in [5, 5.41) is 18.2. The smallest absolute Gasteiger partial charge is 0.257 e. The molecule has 4 fully saturated rings. The molecule has 4 bridgehead atoms. The molecule has 0 radical (unpaired) electrons. The van der Waals surface area contributed by atoms with Crippen molar-refractivity contribution in [1.82, 2.24) is 4.90 Å². The van der Waals surface area contributed by atoms with E-state index in [-0.39, 0.29) is 17.2 Å². The quantitative estimate of drug-likeness (QED) is 0.837. The van der Waals surface area contributed by atoms with Gasteiger partial charge in [-0.15, -0.1) is 0 Å². The summed E-state index contributed by atoms with van der Waals surface area (Å²) in [6.07, 6.45) is 7.47. The average Bonchev–Trinajstić information content (AvgIpc) is 2.94. The highest BCUT2D eigenvalue weighted by Crippen LogP contribution is 2.58. The lowest BCUT2D eigenvalue weighted by Gasteiger charge is -2.60. The van der Waals surface area contributed by atoms with Gasteiger partial charge in [-0.2, -0.15) is 10.5 Å². The van der Waals surface area contributed by atoms with E-state index in [1.54, 1.807) is 13.0 Å². The van der Waals surface area contributed by atoms with Gasteiger partial charge in [0, 0.05) is 18.2 Å². The predicted octanol–water partition coefficient (Wildman–Crippen LogP) is 3.78. The third-order valence-electron chi connectivity index (χ3n) is 6.53. The molecule has 0 unspecified atom stereocenters. The maximum atomic E-state index is 13.4. The van der Waals surface area contributed by atoms with Gasteiger partial charge >= 0.3 is 0 Å². The molecule has 0 saturated heterocycles. The Balaban J connectivity index is 1.69. The van der Waals surface area contributed by atoms with E-state index in [0.29, 0.717) is 24.3 Å². The van der Waals surface area contributed by atoms with Crippen LogP contribution in [0.4, 0.5) is 0 Å². The molecule has 5 heteroatoms. The summed E-state index contributed by atoms with van der Waals surface area (Å²) in [6.45, 7) is 2.20. The topological polar surface area (TPSA) is 81.0 Å². The number of nitriles is 2. The van der Waals surface area contributed by atoms with E-state index in [1.165, 1.54) is 19.3 Å². The molecule has 0 atom stereocenters. The highest BCUT2D eigenvalue weighted by atomic mass is 16.3. The van der Waals surface area contributed by atoms with Crippen molar-refractivity contribution in [3.8, 4) is 12.1 Å². The summed E-state index contributed by atoms with van der Waals surface area (Å²) in [6, 6.07) is 5.72. The molecule has 130 valence electrons. The van der Waals surface area contributed by atoms with Crippen LogP contribution >= 0.6 is 0 Å². The Hall–Kier alpha value is -2.27. The summed E-state index contributed by atoms with van der Waals surface area (Å²) in [7, 11) is 0. The molecular formula is C20H23N3O2. The third-order valence-corrected chi connectivity index (χ3v) is 6.53. The Bertz CT molecular complexity index is 745. The normalized spacial score (nSPS) is 32.2. The van der Waals surface area contributed by atoms with Crippen LogP contribution in [-0.2, 0) is 0 Å². The zero-order chi connectivity index (χ0) is 17.6. The van der Waals surface area contributed by atoms with Gasteiger partial charge in [-0.1, -0.05) is 0 Å². The van der Waals surface area contributed by atoms with Crippen LogP contribution in [0.5, 0.6) is 0 Å². The van der Waals surface area contributed by atoms with E-state index in [4.69, 9.17) is 14.9 Å². The molecule has 1 heterocycles. The lowest BCUT2D eigenvalue weighted by molar-refractivity contribution is -0.0741. The summed E-state index contributed by atoms with van der Waals surface area (Å²) >= 11 is 0. The van der Waals surface area contributed by atoms with Crippen LogP contribution in [0.1, 0.15) is 66.8 Å². The van der Waals surface area contributed by atoms with Crippen LogP contribution in [0.2, 0.25) is 0 Å². The number of furan rings is 1. The van der Waals surface area contributed by atoms with E-state index < -0.39 is 0 Å². The Labute approximate surface area is 148 Å². The van der Waals surface area contributed by atoms with E-state index in [2.05, 4.69) is 6.07 Å². The van der Waals surface area contributed by atoms with Crippen molar-refractivity contribution >= 4 is 5.91 Å². The highest BCUT2D eigenvalue weighted by Gasteiger charge is 2.54. The molecule has 0 N–H and O–H groups in total. The largest absolute Gasteiger partial charge is 0.450 e. The molecule has 25 heavy (non-hydrogen) atoms. The van der Waals surface area contributed by atoms with Crippen LogP contribution in [0, 0.1) is 47.3 Å². The Kier molecular flexibility index (Phi) is 3.84. The molecule has 0 aromatic carbocycles. The Morgan fingerprint density at radius 2 is 1.84 bits per heavy atom. The molecule has 0 aliphatic heterocycles. The maximum absolute atomic E-state index is 13.4. The molecule has 4 aliphatic carbocycles. The van der Waals surface area contributed by atoms with Crippen molar-refractivity contribution < 1.29 is 9.21 Å². The number of carbonyl (C=O) groups is 1. The molecule has 1 aromatic heterocycles. The van der Waals surface area contributed by atoms with Gasteiger partial charge in [-0.25, -0.2) is 0 Å². The van der Waals surface area contributed by atoms with E-state index in [9.17, 15) is 4.79 Å². The number of amides is 1. The van der Waals surface area contributed by atoms with Gasteiger partial charge in [0.2, 0.25) is 5.76 Å². The summed E-state index contributed by atoms with van der Waals surface area (Å²) < 4.78 is 5.38. The number of aryl methyl sites for hydroxylation is 1. The number of carbonyl (C=O) groups excluding carboxylic acids is 1. The monoisotopic (exact) mass is 337 g/mol. The molecule has 0 spiro atoms. The van der Waals surface area contributed by atoms with Crippen molar-refractivity contribution in [3.05, 3.63) is 23.2 Å². The SMILES string of the molecule is Cc1oc(C#N)cc1C(=O)N(CCC#N)C12CC3CC(CC(C3)C1)C2. The first-order valence-corrected chi connectivity index (χ1v) is 9.24. The summed E-state index contributed by atoms with van der Waals surface area (Å²) in [4.78, 5) is 15.3. The number of hydrogen-bond acceptors (Lipinski definition) is 4. The molecular weight excluding hydrogens is 314 g/mol. The van der Waals surface area contributed by atoms with Crippen molar-refractivity contribution in [2.24, 2.45) is 17.8 Å². The standard InChI is InChI=1S/C20H23N3O2/c1-13-18(8-17(12-22)25-13)19(24)23(4-2-3-21)20-9-14-5-15(10-20)7-16(6-14)11-20/h8,14-16H,2,4-7,9-11H2,1H3. The van der Waals surface area contributed by atoms with E-state index >= 15 is 0 Å². The second-order valence-electron chi connectivity index (χ2n) is 8.20. The van der Waals surface area contributed by atoms with Gasteiger partial charge in [0.1, 0.15) is 11.8 Å². The summed E-state index contributed by atoms with van der Waals surface area (Å²) in [5.74, 6) is 2.77. The molecule has 5 nitrogen and oxygen atoms in total. The van der Waals surface area contributed by atoms with Crippen molar-refractivity contribution in [1.29, 1.82) is 10.5 Å². The third kappa shape index (κ3) is 2.63. The van der Waals surface area contributed by atoms with Crippen LogP contribution in [-0.4, -0.2) is 22.9 Å². The minimum atomic E-state index is -0.0980. The number of hydrogen-bond donors (Lipinski definition) is 0. The van der Waals surface area contributed by atoms with Gasteiger partial charge in [0.25, 0.3) is 5.91 Å². The van der Waals surface area contributed by atoms with E-state index in [0.717, 1.165) is 37.0 Å². The lowest BCUT2D eigenvalue weighted by Crippen LogP contribution is -2.61. The first kappa shape index (κ1) is 16.2. The second kappa shape index (κ2) is 5.92. The number of nitrogens with zero attached hydrogens (tertiary/aromatic N) is 3. The Morgan fingerprint density at radius 1 is 1.24 bits per heavy atom. The maximum Gasteiger partial charge on any atom is 0.257 e. The highest BCUT2D eigenvalue weighted by molar-refractivity contribution is 5.96. The first-order valence-electron chi connectivity index (χ1n) is 9.24. The van der Waals surface area contributed by atoms with Gasteiger partial charge in [-0.3, -0.25) is 4.79 Å².